The molecule has 1 aromatic carbocycles. The summed E-state index contributed by atoms with van der Waals surface area (Å²) in [6, 6.07) is 3.01. The van der Waals surface area contributed by atoms with Gasteiger partial charge in [-0.1, -0.05) is 53.7 Å². The van der Waals surface area contributed by atoms with E-state index in [1.165, 1.54) is 12.1 Å². The molecule has 0 saturated carbocycles. The van der Waals surface area contributed by atoms with Crippen molar-refractivity contribution in [3.8, 4) is 0 Å². The monoisotopic (exact) mass is 492 g/mol. The number of carbonyl (C=O) groups is 1. The van der Waals surface area contributed by atoms with Crippen molar-refractivity contribution >= 4 is 16.1 Å². The first-order valence-electron chi connectivity index (χ1n) is 9.64. The van der Waals surface area contributed by atoms with Gasteiger partial charge in [-0.3, -0.25) is 4.55 Å². The van der Waals surface area contributed by atoms with Gasteiger partial charge < -0.3 is 4.74 Å². The highest BCUT2D eigenvalue weighted by Crippen LogP contribution is 2.47. The van der Waals surface area contributed by atoms with Gasteiger partial charge in [-0.25, -0.2) is 4.79 Å². The summed E-state index contributed by atoms with van der Waals surface area (Å²) in [5.74, 6) is -5.93. The lowest BCUT2D eigenvalue weighted by atomic mass is 9.84. The van der Waals surface area contributed by atoms with E-state index < -0.39 is 57.2 Å². The van der Waals surface area contributed by atoms with E-state index in [1.807, 2.05) is 13.8 Å². The third-order valence-electron chi connectivity index (χ3n) is 4.90. The Labute approximate surface area is 182 Å². The fourth-order valence-corrected chi connectivity index (χ4v) is 4.03. The van der Waals surface area contributed by atoms with Gasteiger partial charge in [-0.05, 0) is 34.4 Å². The molecule has 1 rings (SSSR count). The first kappa shape index (κ1) is 28.2. The maximum atomic E-state index is 13.6. The number of benzene rings is 1. The lowest BCUT2D eigenvalue weighted by Crippen LogP contribution is -2.63. The molecule has 1 aromatic rings. The van der Waals surface area contributed by atoms with E-state index in [0.717, 1.165) is 0 Å². The van der Waals surface area contributed by atoms with Crippen molar-refractivity contribution in [2.24, 2.45) is 0 Å². The van der Waals surface area contributed by atoms with Crippen LogP contribution in [0.15, 0.2) is 12.1 Å². The molecule has 0 aromatic heterocycles. The third-order valence-corrected chi connectivity index (χ3v) is 5.68. The summed E-state index contributed by atoms with van der Waals surface area (Å²) in [6.07, 6.45) is -12.8. The minimum Gasteiger partial charge on any atom is -0.435 e. The number of hydrogen-bond donors (Lipinski definition) is 1. The fourth-order valence-electron chi connectivity index (χ4n) is 3.13. The Balaban J connectivity index is 3.89. The van der Waals surface area contributed by atoms with Crippen LogP contribution in [0.1, 0.15) is 86.3 Å². The van der Waals surface area contributed by atoms with Crippen molar-refractivity contribution < 1.29 is 48.8 Å². The molecule has 0 aliphatic rings. The Morgan fingerprint density at radius 2 is 1.25 bits per heavy atom. The zero-order valence-corrected chi connectivity index (χ0v) is 19.2. The number of alkyl halides is 6. The average Bonchev–Trinajstić information content (AvgIpc) is 2.56. The first-order chi connectivity index (χ1) is 14.1. The van der Waals surface area contributed by atoms with Crippen LogP contribution in [0.25, 0.3) is 0 Å². The highest BCUT2D eigenvalue weighted by atomic mass is 32.2. The number of rotatable bonds is 7. The highest BCUT2D eigenvalue weighted by Gasteiger charge is 2.76. The van der Waals surface area contributed by atoms with Crippen LogP contribution in [0.4, 0.5) is 26.3 Å². The van der Waals surface area contributed by atoms with Crippen molar-refractivity contribution in [3.63, 3.8) is 0 Å². The standard InChI is InChI=1S/C20H26F6O5S/c1-10(2)13-7-14(11(3)4)16(15(8-13)12(5)6)17(27)31-18(19(21,22)23,20(24,25)26)9-32(28,29)30/h7-8,10-12H,9H2,1-6H3,(H,28,29,30). The Hall–Kier alpha value is -1.82. The van der Waals surface area contributed by atoms with Crippen LogP contribution >= 0.6 is 0 Å². The van der Waals surface area contributed by atoms with E-state index in [2.05, 4.69) is 4.74 Å². The molecule has 0 aliphatic heterocycles. The van der Waals surface area contributed by atoms with Crippen molar-refractivity contribution in [3.05, 3.63) is 34.4 Å². The predicted molar refractivity (Wildman–Crippen MR) is 105 cm³/mol. The van der Waals surface area contributed by atoms with Crippen molar-refractivity contribution in [1.29, 1.82) is 0 Å². The van der Waals surface area contributed by atoms with Gasteiger partial charge in [0.2, 0.25) is 0 Å². The maximum absolute atomic E-state index is 13.6. The van der Waals surface area contributed by atoms with Gasteiger partial charge in [-0.15, -0.1) is 0 Å². The predicted octanol–water partition coefficient (Wildman–Crippen LogP) is 5.96. The zero-order valence-electron chi connectivity index (χ0n) is 18.4. The zero-order chi connectivity index (χ0) is 25.4. The van der Waals surface area contributed by atoms with Crippen LogP contribution in [0, 0.1) is 0 Å². The Morgan fingerprint density at radius 1 is 0.875 bits per heavy atom. The molecule has 184 valence electrons. The molecule has 0 bridgehead atoms. The summed E-state index contributed by atoms with van der Waals surface area (Å²) in [4.78, 5) is 12.9. The molecular weight excluding hydrogens is 466 g/mol. The molecule has 5 nitrogen and oxygen atoms in total. The molecule has 0 aliphatic carbocycles. The summed E-state index contributed by atoms with van der Waals surface area (Å²) >= 11 is 0. The number of carbonyl (C=O) groups excluding carboxylic acids is 1. The van der Waals surface area contributed by atoms with Crippen LogP contribution in [0.2, 0.25) is 0 Å². The number of ether oxygens (including phenoxy) is 1. The molecule has 0 amide bonds. The number of hydrogen-bond acceptors (Lipinski definition) is 4. The molecular formula is C20H26F6O5S. The van der Waals surface area contributed by atoms with Crippen molar-refractivity contribution in [2.75, 3.05) is 5.75 Å². The summed E-state index contributed by atoms with van der Waals surface area (Å²) < 4.78 is 117. The van der Waals surface area contributed by atoms with E-state index in [-0.39, 0.29) is 17.0 Å². The summed E-state index contributed by atoms with van der Waals surface area (Å²) in [6.45, 7) is 10.0. The molecule has 0 spiro atoms. The third kappa shape index (κ3) is 5.94. The normalized spacial score (nSPS) is 13.9. The molecule has 0 heterocycles. The molecule has 0 fully saturated rings. The molecule has 32 heavy (non-hydrogen) atoms. The number of esters is 1. The van der Waals surface area contributed by atoms with Gasteiger partial charge in [0, 0.05) is 0 Å². The Kier molecular flexibility index (Phi) is 8.11. The van der Waals surface area contributed by atoms with E-state index in [0.29, 0.717) is 5.56 Å². The topological polar surface area (TPSA) is 80.7 Å². The summed E-state index contributed by atoms with van der Waals surface area (Å²) in [5, 5.41) is 0. The van der Waals surface area contributed by atoms with Gasteiger partial charge in [0.25, 0.3) is 10.1 Å². The highest BCUT2D eigenvalue weighted by molar-refractivity contribution is 7.85. The van der Waals surface area contributed by atoms with E-state index in [1.54, 1.807) is 27.7 Å². The average molecular weight is 492 g/mol. The second-order valence-corrected chi connectivity index (χ2v) is 9.93. The Bertz CT molecular complexity index is 903. The summed E-state index contributed by atoms with van der Waals surface area (Å²) in [7, 11) is -5.86. The Morgan fingerprint density at radius 3 is 1.50 bits per heavy atom. The smallest absolute Gasteiger partial charge is 0.435 e. The molecule has 0 radical (unpaired) electrons. The minimum absolute atomic E-state index is 0.0564. The maximum Gasteiger partial charge on any atom is 0.438 e. The second-order valence-electron chi connectivity index (χ2n) is 8.48. The van der Waals surface area contributed by atoms with Gasteiger partial charge in [0.05, 0.1) is 5.56 Å². The van der Waals surface area contributed by atoms with Gasteiger partial charge in [0.15, 0.2) is 0 Å². The van der Waals surface area contributed by atoms with Gasteiger partial charge in [0.1, 0.15) is 5.75 Å². The second kappa shape index (κ2) is 9.20. The minimum atomic E-state index is -6.38. The molecule has 0 unspecified atom stereocenters. The van der Waals surface area contributed by atoms with E-state index in [4.69, 9.17) is 4.55 Å². The van der Waals surface area contributed by atoms with E-state index in [9.17, 15) is 39.6 Å². The molecule has 0 atom stereocenters. The van der Waals surface area contributed by atoms with Crippen LogP contribution < -0.4 is 0 Å². The van der Waals surface area contributed by atoms with E-state index >= 15 is 0 Å². The van der Waals surface area contributed by atoms with Gasteiger partial charge in [-0.2, -0.15) is 34.8 Å². The van der Waals surface area contributed by atoms with Crippen molar-refractivity contribution in [2.45, 2.75) is 77.2 Å². The van der Waals surface area contributed by atoms with Crippen LogP contribution in [0.5, 0.6) is 0 Å². The first-order valence-corrected chi connectivity index (χ1v) is 11.2. The SMILES string of the molecule is CC(C)c1cc(C(C)C)c(C(=O)OC(CS(=O)(=O)O)(C(F)(F)F)C(F)(F)F)c(C(C)C)c1. The van der Waals surface area contributed by atoms with Crippen molar-refractivity contribution in [1.82, 2.24) is 0 Å². The molecule has 12 heteroatoms. The van der Waals surface area contributed by atoms with Crippen LogP contribution in [-0.4, -0.2) is 42.6 Å². The summed E-state index contributed by atoms with van der Waals surface area (Å²) in [5.41, 5.74) is -4.91. The fraction of sp³-hybridized carbons (Fsp3) is 0.650. The number of halogens is 6. The largest absolute Gasteiger partial charge is 0.438 e. The molecule has 0 saturated heterocycles. The lowest BCUT2D eigenvalue weighted by Gasteiger charge is -2.36. The lowest BCUT2D eigenvalue weighted by molar-refractivity contribution is -0.356. The van der Waals surface area contributed by atoms with Crippen LogP contribution in [-0.2, 0) is 14.9 Å². The van der Waals surface area contributed by atoms with Gasteiger partial charge >= 0.3 is 23.9 Å². The quantitative estimate of drug-likeness (QED) is 0.288. The van der Waals surface area contributed by atoms with Crippen LogP contribution in [0.3, 0.4) is 0 Å². The molecule has 1 N–H and O–H groups in total.